The first-order chi connectivity index (χ1) is 8.75. The molecule has 0 saturated heterocycles. The Morgan fingerprint density at radius 3 is 2.94 bits per heavy atom. The monoisotopic (exact) mass is 258 g/mol. The molecular formula is C13H14N4S. The highest BCUT2D eigenvalue weighted by atomic mass is 32.1. The van der Waals surface area contributed by atoms with E-state index in [1.54, 1.807) is 0 Å². The minimum Gasteiger partial charge on any atom is -0.338 e. The third kappa shape index (κ3) is 1.86. The number of nitrogens with one attached hydrogen (secondary N) is 1. The van der Waals surface area contributed by atoms with Gasteiger partial charge in [-0.15, -0.1) is 0 Å². The number of hydrogen-bond donors (Lipinski definition) is 1. The number of fused-ring (bicyclic) bond motifs is 1. The van der Waals surface area contributed by atoms with Crippen molar-refractivity contribution < 1.29 is 0 Å². The van der Waals surface area contributed by atoms with Gasteiger partial charge in [-0.05, 0) is 24.4 Å². The van der Waals surface area contributed by atoms with Crippen LogP contribution in [0.25, 0.3) is 11.0 Å². The van der Waals surface area contributed by atoms with Gasteiger partial charge in [0.15, 0.2) is 4.77 Å². The Kier molecular flexibility index (Phi) is 2.76. The molecule has 0 spiro atoms. The zero-order valence-corrected chi connectivity index (χ0v) is 10.9. The first kappa shape index (κ1) is 11.2. The van der Waals surface area contributed by atoms with Crippen LogP contribution in [-0.4, -0.2) is 19.1 Å². The van der Waals surface area contributed by atoms with Crippen LogP contribution < -0.4 is 0 Å². The molecule has 0 saturated carbocycles. The second kappa shape index (κ2) is 4.42. The van der Waals surface area contributed by atoms with Crippen LogP contribution in [0.3, 0.4) is 0 Å². The van der Waals surface area contributed by atoms with Crippen LogP contribution in [0.5, 0.6) is 0 Å². The molecule has 0 radical (unpaired) electrons. The van der Waals surface area contributed by atoms with Crippen molar-refractivity contribution in [1.29, 1.82) is 0 Å². The predicted octanol–water partition coefficient (Wildman–Crippen LogP) is 2.68. The Balaban J connectivity index is 1.93. The number of hydrogen-bond acceptors (Lipinski definition) is 2. The second-order valence-corrected chi connectivity index (χ2v) is 4.69. The Hall–Kier alpha value is -1.88. The number of H-pyrrole nitrogens is 1. The molecule has 1 aromatic carbocycles. The van der Waals surface area contributed by atoms with Gasteiger partial charge in [-0.2, -0.15) is 0 Å². The Morgan fingerprint density at radius 2 is 2.17 bits per heavy atom. The van der Waals surface area contributed by atoms with Gasteiger partial charge in [0.1, 0.15) is 5.82 Å². The van der Waals surface area contributed by atoms with Gasteiger partial charge in [0.25, 0.3) is 0 Å². The Morgan fingerprint density at radius 1 is 1.33 bits per heavy atom. The van der Waals surface area contributed by atoms with Gasteiger partial charge in [0.2, 0.25) is 0 Å². The summed E-state index contributed by atoms with van der Waals surface area (Å²) < 4.78 is 4.93. The maximum atomic E-state index is 5.36. The smallest absolute Gasteiger partial charge is 0.178 e. The van der Waals surface area contributed by atoms with Gasteiger partial charge in [0, 0.05) is 32.4 Å². The molecular weight excluding hydrogens is 244 g/mol. The fourth-order valence-electron chi connectivity index (χ4n) is 2.18. The van der Waals surface area contributed by atoms with Crippen LogP contribution in [-0.2, 0) is 20.0 Å². The summed E-state index contributed by atoms with van der Waals surface area (Å²) in [5, 5.41) is 0. The van der Waals surface area contributed by atoms with Crippen molar-refractivity contribution in [2.75, 3.05) is 0 Å². The van der Waals surface area contributed by atoms with Crippen LogP contribution in [0.4, 0.5) is 0 Å². The summed E-state index contributed by atoms with van der Waals surface area (Å²) in [7, 11) is 2.01. The minimum atomic E-state index is 0.769. The summed E-state index contributed by atoms with van der Waals surface area (Å²) in [6.07, 6.45) is 4.66. The number of imidazole rings is 2. The molecule has 0 unspecified atom stereocenters. The summed E-state index contributed by atoms with van der Waals surface area (Å²) in [5.74, 6) is 1.07. The van der Waals surface area contributed by atoms with Crippen molar-refractivity contribution in [2.45, 2.75) is 13.0 Å². The van der Waals surface area contributed by atoms with E-state index in [9.17, 15) is 0 Å². The van der Waals surface area contributed by atoms with Crippen LogP contribution in [0.15, 0.2) is 36.7 Å². The highest BCUT2D eigenvalue weighted by molar-refractivity contribution is 7.71. The molecule has 4 nitrogen and oxygen atoms in total. The third-order valence-electron chi connectivity index (χ3n) is 3.16. The molecule has 2 heterocycles. The maximum Gasteiger partial charge on any atom is 0.178 e. The molecule has 18 heavy (non-hydrogen) atoms. The summed E-state index contributed by atoms with van der Waals surface area (Å²) in [6, 6.07) is 8.17. The van der Waals surface area contributed by atoms with Crippen molar-refractivity contribution in [3.05, 3.63) is 47.3 Å². The Bertz CT molecular complexity index is 735. The van der Waals surface area contributed by atoms with E-state index in [4.69, 9.17) is 12.2 Å². The SMILES string of the molecule is Cn1ccnc1CCn1c(=S)[nH]c2ccccc21. The van der Waals surface area contributed by atoms with E-state index < -0.39 is 0 Å². The molecule has 3 aromatic rings. The van der Waals surface area contributed by atoms with Crippen molar-refractivity contribution >= 4 is 23.3 Å². The number of benzene rings is 1. The van der Waals surface area contributed by atoms with E-state index in [0.717, 1.165) is 34.6 Å². The van der Waals surface area contributed by atoms with E-state index in [1.165, 1.54) is 0 Å². The predicted molar refractivity (Wildman–Crippen MR) is 74.0 cm³/mol. The number of nitrogens with zero attached hydrogens (tertiary/aromatic N) is 3. The largest absolute Gasteiger partial charge is 0.338 e. The van der Waals surface area contributed by atoms with Crippen molar-refractivity contribution in [1.82, 2.24) is 19.1 Å². The van der Waals surface area contributed by atoms with Crippen molar-refractivity contribution in [3.8, 4) is 0 Å². The zero-order valence-electron chi connectivity index (χ0n) is 10.1. The molecule has 0 fully saturated rings. The number of aromatic amines is 1. The van der Waals surface area contributed by atoms with Crippen molar-refractivity contribution in [2.24, 2.45) is 7.05 Å². The molecule has 0 aliphatic carbocycles. The zero-order chi connectivity index (χ0) is 12.5. The molecule has 0 bridgehead atoms. The van der Waals surface area contributed by atoms with Gasteiger partial charge >= 0.3 is 0 Å². The van der Waals surface area contributed by atoms with Crippen LogP contribution in [0.1, 0.15) is 5.82 Å². The van der Waals surface area contributed by atoms with Crippen molar-refractivity contribution in [3.63, 3.8) is 0 Å². The minimum absolute atomic E-state index is 0.769. The normalized spacial score (nSPS) is 11.2. The molecule has 2 aromatic heterocycles. The summed E-state index contributed by atoms with van der Waals surface area (Å²) in [6.45, 7) is 0.841. The highest BCUT2D eigenvalue weighted by Crippen LogP contribution is 2.14. The van der Waals surface area contributed by atoms with Gasteiger partial charge in [-0.1, -0.05) is 12.1 Å². The lowest BCUT2D eigenvalue weighted by atomic mass is 10.3. The number of aryl methyl sites for hydroxylation is 3. The molecule has 0 amide bonds. The third-order valence-corrected chi connectivity index (χ3v) is 3.48. The summed E-state index contributed by atoms with van der Waals surface area (Å²) in [4.78, 5) is 7.55. The lowest BCUT2D eigenvalue weighted by Gasteiger charge is -2.04. The van der Waals surface area contributed by atoms with Crippen LogP contribution in [0.2, 0.25) is 0 Å². The van der Waals surface area contributed by atoms with Gasteiger partial charge in [-0.25, -0.2) is 4.98 Å². The van der Waals surface area contributed by atoms with Gasteiger partial charge in [0.05, 0.1) is 11.0 Å². The molecule has 0 aliphatic rings. The topological polar surface area (TPSA) is 38.5 Å². The fourth-order valence-corrected chi connectivity index (χ4v) is 2.48. The quantitative estimate of drug-likeness (QED) is 0.734. The van der Waals surface area contributed by atoms with E-state index in [0.29, 0.717) is 0 Å². The van der Waals surface area contributed by atoms with Gasteiger partial charge in [-0.3, -0.25) is 0 Å². The van der Waals surface area contributed by atoms with Crippen LogP contribution in [0, 0.1) is 4.77 Å². The fraction of sp³-hybridized carbons (Fsp3) is 0.231. The molecule has 0 atom stereocenters. The number of rotatable bonds is 3. The molecule has 0 aliphatic heterocycles. The number of aromatic nitrogens is 4. The lowest BCUT2D eigenvalue weighted by Crippen LogP contribution is -2.05. The van der Waals surface area contributed by atoms with Gasteiger partial charge < -0.3 is 14.1 Å². The number of para-hydroxylation sites is 2. The molecule has 1 N–H and O–H groups in total. The molecule has 5 heteroatoms. The summed E-state index contributed by atoms with van der Waals surface area (Å²) in [5.41, 5.74) is 2.24. The average molecular weight is 258 g/mol. The molecule has 3 rings (SSSR count). The second-order valence-electron chi connectivity index (χ2n) is 4.30. The van der Waals surface area contributed by atoms with E-state index in [-0.39, 0.29) is 0 Å². The standard InChI is InChI=1S/C13H14N4S/c1-16-9-7-14-12(16)6-8-17-11-5-3-2-4-10(11)15-13(17)18/h2-5,7,9H,6,8H2,1H3,(H,15,18). The first-order valence-corrected chi connectivity index (χ1v) is 6.30. The van der Waals surface area contributed by atoms with E-state index >= 15 is 0 Å². The van der Waals surface area contributed by atoms with E-state index in [1.807, 2.05) is 42.2 Å². The Labute approximate surface area is 110 Å². The summed E-state index contributed by atoms with van der Waals surface area (Å²) >= 11 is 5.36. The van der Waals surface area contributed by atoms with E-state index in [2.05, 4.69) is 20.6 Å². The average Bonchev–Trinajstić information content (AvgIpc) is 2.90. The van der Waals surface area contributed by atoms with Crippen LogP contribution >= 0.6 is 12.2 Å². The lowest BCUT2D eigenvalue weighted by molar-refractivity contribution is 0.657. The maximum absolute atomic E-state index is 5.36. The molecule has 92 valence electrons. The first-order valence-electron chi connectivity index (χ1n) is 5.89. The highest BCUT2D eigenvalue weighted by Gasteiger charge is 2.05.